The number of carbonyl (C=O) groups excluding carboxylic acids is 2. The number of pyridine rings is 1. The number of aromatic nitrogens is 1. The van der Waals surface area contributed by atoms with Crippen LogP contribution in [0, 0.1) is 0 Å². The van der Waals surface area contributed by atoms with Gasteiger partial charge in [0, 0.05) is 16.8 Å². The van der Waals surface area contributed by atoms with Gasteiger partial charge in [0.15, 0.2) is 0 Å². The summed E-state index contributed by atoms with van der Waals surface area (Å²) in [6.45, 7) is 1.97. The first-order valence-corrected chi connectivity index (χ1v) is 10.1. The number of hydrogen-bond donors (Lipinski definition) is 2. The number of hydrogen-bond acceptors (Lipinski definition) is 6. The summed E-state index contributed by atoms with van der Waals surface area (Å²) in [7, 11) is 0. The molecule has 1 aliphatic rings. The molecule has 3 heterocycles. The van der Waals surface area contributed by atoms with Crippen molar-refractivity contribution in [3.63, 3.8) is 0 Å². The molecule has 3 aromatic rings. The number of fused-ring (bicyclic) bond motifs is 1. The zero-order chi connectivity index (χ0) is 20.2. The van der Waals surface area contributed by atoms with Crippen molar-refractivity contribution < 1.29 is 18.7 Å². The zero-order valence-electron chi connectivity index (χ0n) is 15.7. The van der Waals surface area contributed by atoms with Gasteiger partial charge in [-0.1, -0.05) is 24.3 Å². The van der Waals surface area contributed by atoms with Gasteiger partial charge in [0.05, 0.1) is 29.0 Å². The van der Waals surface area contributed by atoms with Crippen LogP contribution in [0.15, 0.2) is 75.5 Å². The number of benzene rings is 1. The molecule has 8 heteroatoms. The Morgan fingerprint density at radius 1 is 1.21 bits per heavy atom. The third kappa shape index (κ3) is 4.12. The normalized spacial score (nSPS) is 16.4. The van der Waals surface area contributed by atoms with E-state index in [1.807, 2.05) is 36.4 Å². The SMILES string of the molecule is CCOC(=O)C1=C(CSc2ccc3ccccc3n2)NC(=O)NC1c1ccco1. The number of thioether (sulfide) groups is 1. The fourth-order valence-corrected chi connectivity index (χ4v) is 3.97. The summed E-state index contributed by atoms with van der Waals surface area (Å²) in [6.07, 6.45) is 1.50. The number of urea groups is 1. The molecule has 0 saturated heterocycles. The number of furan rings is 1. The van der Waals surface area contributed by atoms with Crippen molar-refractivity contribution in [3.05, 3.63) is 71.8 Å². The molecule has 0 radical (unpaired) electrons. The highest BCUT2D eigenvalue weighted by Gasteiger charge is 2.35. The number of esters is 1. The lowest BCUT2D eigenvalue weighted by Crippen LogP contribution is -2.46. The van der Waals surface area contributed by atoms with Gasteiger partial charge in [0.1, 0.15) is 11.8 Å². The smallest absolute Gasteiger partial charge is 0.338 e. The Morgan fingerprint density at radius 2 is 2.07 bits per heavy atom. The first-order valence-electron chi connectivity index (χ1n) is 9.15. The van der Waals surface area contributed by atoms with Crippen LogP contribution in [0.2, 0.25) is 0 Å². The Labute approximate surface area is 171 Å². The van der Waals surface area contributed by atoms with E-state index >= 15 is 0 Å². The third-order valence-corrected chi connectivity index (χ3v) is 5.37. The van der Waals surface area contributed by atoms with E-state index in [0.29, 0.717) is 22.8 Å². The Balaban J connectivity index is 1.65. The van der Waals surface area contributed by atoms with Gasteiger partial charge in [0.2, 0.25) is 0 Å². The minimum Gasteiger partial charge on any atom is -0.467 e. The first kappa shape index (κ1) is 19.1. The molecule has 0 aliphatic carbocycles. The Kier molecular flexibility index (Phi) is 5.53. The molecule has 1 aromatic carbocycles. The van der Waals surface area contributed by atoms with Crippen LogP contribution in [-0.2, 0) is 9.53 Å². The van der Waals surface area contributed by atoms with Crippen LogP contribution in [0.3, 0.4) is 0 Å². The van der Waals surface area contributed by atoms with Gasteiger partial charge < -0.3 is 19.8 Å². The summed E-state index contributed by atoms with van der Waals surface area (Å²) in [5.41, 5.74) is 1.70. The highest BCUT2D eigenvalue weighted by Crippen LogP contribution is 2.31. The van der Waals surface area contributed by atoms with E-state index in [1.165, 1.54) is 18.0 Å². The van der Waals surface area contributed by atoms with Gasteiger partial charge in [0.25, 0.3) is 0 Å². The molecule has 148 valence electrons. The van der Waals surface area contributed by atoms with E-state index in [2.05, 4.69) is 15.6 Å². The molecular formula is C21H19N3O4S. The summed E-state index contributed by atoms with van der Waals surface area (Å²) in [6, 6.07) is 14.1. The monoisotopic (exact) mass is 409 g/mol. The van der Waals surface area contributed by atoms with E-state index in [-0.39, 0.29) is 6.61 Å². The Bertz CT molecular complexity index is 1080. The van der Waals surface area contributed by atoms with E-state index in [0.717, 1.165) is 15.9 Å². The number of nitrogens with one attached hydrogen (secondary N) is 2. The molecule has 0 spiro atoms. The molecule has 4 rings (SSSR count). The molecule has 7 nitrogen and oxygen atoms in total. The lowest BCUT2D eigenvalue weighted by atomic mass is 10.0. The fraction of sp³-hybridized carbons (Fsp3) is 0.190. The van der Waals surface area contributed by atoms with E-state index < -0.39 is 18.0 Å². The standard InChI is InChI=1S/C21H19N3O4S/c1-2-27-20(25)18-15(23-21(26)24-19(18)16-8-5-11-28-16)12-29-17-10-9-13-6-3-4-7-14(13)22-17/h3-11,19H,2,12H2,1H3,(H2,23,24,26). The van der Waals surface area contributed by atoms with Crippen LogP contribution in [-0.4, -0.2) is 29.3 Å². The number of rotatable bonds is 6. The molecule has 0 fully saturated rings. The van der Waals surface area contributed by atoms with Gasteiger partial charge >= 0.3 is 12.0 Å². The van der Waals surface area contributed by atoms with Gasteiger partial charge in [-0.3, -0.25) is 0 Å². The second-order valence-electron chi connectivity index (χ2n) is 6.29. The van der Waals surface area contributed by atoms with Crippen LogP contribution in [0.25, 0.3) is 10.9 Å². The second-order valence-corrected chi connectivity index (χ2v) is 7.29. The minimum absolute atomic E-state index is 0.230. The van der Waals surface area contributed by atoms with E-state index in [9.17, 15) is 9.59 Å². The largest absolute Gasteiger partial charge is 0.467 e. The summed E-state index contributed by atoms with van der Waals surface area (Å²) >= 11 is 1.43. The fourth-order valence-electron chi connectivity index (χ4n) is 3.12. The van der Waals surface area contributed by atoms with Crippen molar-refractivity contribution in [1.29, 1.82) is 0 Å². The van der Waals surface area contributed by atoms with Crippen LogP contribution < -0.4 is 10.6 Å². The predicted octanol–water partition coefficient (Wildman–Crippen LogP) is 3.79. The van der Waals surface area contributed by atoms with Crippen LogP contribution in [0.1, 0.15) is 18.7 Å². The minimum atomic E-state index is -0.710. The lowest BCUT2D eigenvalue weighted by Gasteiger charge is -2.27. The Morgan fingerprint density at radius 3 is 2.86 bits per heavy atom. The number of ether oxygens (including phenoxy) is 1. The van der Waals surface area contributed by atoms with Crippen molar-refractivity contribution in [3.8, 4) is 0 Å². The second kappa shape index (κ2) is 8.40. The third-order valence-electron chi connectivity index (χ3n) is 4.41. The summed E-state index contributed by atoms with van der Waals surface area (Å²) < 4.78 is 10.7. The van der Waals surface area contributed by atoms with Gasteiger partial charge in [-0.2, -0.15) is 0 Å². The van der Waals surface area contributed by atoms with Crippen molar-refractivity contribution in [2.45, 2.75) is 18.0 Å². The number of nitrogens with zero attached hydrogens (tertiary/aromatic N) is 1. The van der Waals surface area contributed by atoms with Crippen LogP contribution in [0.4, 0.5) is 4.79 Å². The van der Waals surface area contributed by atoms with Crippen molar-refractivity contribution in [2.75, 3.05) is 12.4 Å². The van der Waals surface area contributed by atoms with Gasteiger partial charge in [-0.05, 0) is 31.2 Å². The maximum atomic E-state index is 12.7. The molecule has 29 heavy (non-hydrogen) atoms. The number of amides is 2. The average molecular weight is 409 g/mol. The van der Waals surface area contributed by atoms with Crippen molar-refractivity contribution in [2.24, 2.45) is 0 Å². The molecular weight excluding hydrogens is 390 g/mol. The molecule has 1 unspecified atom stereocenters. The van der Waals surface area contributed by atoms with Crippen molar-refractivity contribution in [1.82, 2.24) is 15.6 Å². The Hall–Kier alpha value is -3.26. The molecule has 1 aliphatic heterocycles. The highest BCUT2D eigenvalue weighted by atomic mass is 32.2. The quantitative estimate of drug-likeness (QED) is 0.475. The topological polar surface area (TPSA) is 93.5 Å². The number of para-hydroxylation sites is 1. The van der Waals surface area contributed by atoms with E-state index in [4.69, 9.17) is 9.15 Å². The predicted molar refractivity (Wildman–Crippen MR) is 109 cm³/mol. The summed E-state index contributed by atoms with van der Waals surface area (Å²) in [5, 5.41) is 7.32. The summed E-state index contributed by atoms with van der Waals surface area (Å²) in [5.74, 6) is 0.321. The maximum absolute atomic E-state index is 12.7. The van der Waals surface area contributed by atoms with Crippen molar-refractivity contribution >= 4 is 34.7 Å². The van der Waals surface area contributed by atoms with Gasteiger partial charge in [-0.25, -0.2) is 14.6 Å². The summed E-state index contributed by atoms with van der Waals surface area (Å²) in [4.78, 5) is 29.5. The molecule has 0 saturated carbocycles. The lowest BCUT2D eigenvalue weighted by molar-refractivity contribution is -0.139. The first-order chi connectivity index (χ1) is 14.2. The highest BCUT2D eigenvalue weighted by molar-refractivity contribution is 7.99. The maximum Gasteiger partial charge on any atom is 0.338 e. The molecule has 1 atom stereocenters. The number of carbonyl (C=O) groups is 2. The molecule has 2 N–H and O–H groups in total. The van der Waals surface area contributed by atoms with Gasteiger partial charge in [-0.15, -0.1) is 11.8 Å². The average Bonchev–Trinajstić information content (AvgIpc) is 3.26. The molecule has 2 aromatic heterocycles. The van der Waals surface area contributed by atoms with Crippen LogP contribution >= 0.6 is 11.8 Å². The van der Waals surface area contributed by atoms with E-state index in [1.54, 1.807) is 19.1 Å². The molecule has 0 bridgehead atoms. The van der Waals surface area contributed by atoms with Crippen LogP contribution in [0.5, 0.6) is 0 Å². The zero-order valence-corrected chi connectivity index (χ0v) is 16.5. The molecule has 2 amide bonds.